The minimum absolute atomic E-state index is 0.0233. The van der Waals surface area contributed by atoms with Gasteiger partial charge < -0.3 is 14.6 Å². The average Bonchev–Trinajstić information content (AvgIpc) is 2.46. The van der Waals surface area contributed by atoms with Gasteiger partial charge in [-0.2, -0.15) is 0 Å². The molecule has 3 heteroatoms. The molecule has 0 aromatic rings. The molecule has 0 heterocycles. The molecule has 1 aliphatic rings. The molecule has 0 saturated heterocycles. The maximum absolute atomic E-state index is 9.27. The van der Waals surface area contributed by atoms with Crippen molar-refractivity contribution in [2.75, 3.05) is 13.2 Å². The predicted molar refractivity (Wildman–Crippen MR) is 98.8 cm³/mol. The summed E-state index contributed by atoms with van der Waals surface area (Å²) in [5.41, 5.74) is -0.385. The Kier molecular flexibility index (Phi) is 9.34. The molecule has 1 N–H and O–H groups in total. The third-order valence-corrected chi connectivity index (χ3v) is 4.60. The molecule has 0 aliphatic heterocycles. The van der Waals surface area contributed by atoms with Crippen LogP contribution in [0.25, 0.3) is 0 Å². The Labute approximate surface area is 145 Å². The summed E-state index contributed by atoms with van der Waals surface area (Å²) in [5, 5.41) is 9.27. The SMILES string of the molecule is CC.CC(OC(C)(C)COC(C)(C)CO)C1CCCC(C)(C)C1. The smallest absolute Gasteiger partial charge is 0.0863 e. The Balaban J connectivity index is 0.00000232. The molecule has 2 atom stereocenters. The lowest BCUT2D eigenvalue weighted by Gasteiger charge is -2.41. The van der Waals surface area contributed by atoms with Crippen LogP contribution in [0.1, 0.15) is 88.0 Å². The fourth-order valence-electron chi connectivity index (χ4n) is 3.21. The molecule has 140 valence electrons. The van der Waals surface area contributed by atoms with Crippen LogP contribution in [0, 0.1) is 11.3 Å². The molecule has 0 radical (unpaired) electrons. The van der Waals surface area contributed by atoms with E-state index in [9.17, 15) is 5.11 Å². The summed E-state index contributed by atoms with van der Waals surface area (Å²) >= 11 is 0. The first-order valence-corrected chi connectivity index (χ1v) is 9.39. The molecular formula is C20H42O3. The molecule has 0 bridgehead atoms. The minimum atomic E-state index is -0.503. The van der Waals surface area contributed by atoms with E-state index < -0.39 is 5.60 Å². The van der Waals surface area contributed by atoms with Gasteiger partial charge in [0, 0.05) is 0 Å². The van der Waals surface area contributed by atoms with E-state index in [0.29, 0.717) is 17.9 Å². The molecule has 23 heavy (non-hydrogen) atoms. The highest BCUT2D eigenvalue weighted by atomic mass is 16.6. The van der Waals surface area contributed by atoms with Gasteiger partial charge in [-0.3, -0.25) is 0 Å². The van der Waals surface area contributed by atoms with E-state index in [4.69, 9.17) is 9.47 Å². The van der Waals surface area contributed by atoms with Crippen LogP contribution < -0.4 is 0 Å². The van der Waals surface area contributed by atoms with Crippen LogP contribution in [0.4, 0.5) is 0 Å². The van der Waals surface area contributed by atoms with Crippen LogP contribution in [0.15, 0.2) is 0 Å². The van der Waals surface area contributed by atoms with Crippen LogP contribution >= 0.6 is 0 Å². The van der Waals surface area contributed by atoms with Gasteiger partial charge in [0.1, 0.15) is 0 Å². The molecule has 1 saturated carbocycles. The fraction of sp³-hybridized carbons (Fsp3) is 1.00. The van der Waals surface area contributed by atoms with E-state index in [0.717, 1.165) is 0 Å². The third-order valence-electron chi connectivity index (χ3n) is 4.60. The van der Waals surface area contributed by atoms with Crippen molar-refractivity contribution in [3.8, 4) is 0 Å². The summed E-state index contributed by atoms with van der Waals surface area (Å²) in [4.78, 5) is 0. The van der Waals surface area contributed by atoms with Gasteiger partial charge in [-0.15, -0.1) is 0 Å². The highest BCUT2D eigenvalue weighted by Gasteiger charge is 2.34. The van der Waals surface area contributed by atoms with Gasteiger partial charge in [-0.25, -0.2) is 0 Å². The average molecular weight is 331 g/mol. The Hall–Kier alpha value is -0.120. The quantitative estimate of drug-likeness (QED) is 0.697. The van der Waals surface area contributed by atoms with Gasteiger partial charge in [-0.05, 0) is 65.2 Å². The molecule has 0 aromatic heterocycles. The first-order chi connectivity index (χ1) is 10.5. The van der Waals surface area contributed by atoms with Crippen LogP contribution in [-0.2, 0) is 9.47 Å². The maximum atomic E-state index is 9.27. The second-order valence-electron chi connectivity index (χ2n) is 8.81. The van der Waals surface area contributed by atoms with E-state index in [-0.39, 0.29) is 18.3 Å². The van der Waals surface area contributed by atoms with Crippen molar-refractivity contribution in [3.63, 3.8) is 0 Å². The van der Waals surface area contributed by atoms with E-state index in [1.165, 1.54) is 25.7 Å². The van der Waals surface area contributed by atoms with E-state index in [2.05, 4.69) is 34.6 Å². The zero-order valence-corrected chi connectivity index (χ0v) is 17.2. The molecule has 2 unspecified atom stereocenters. The number of ether oxygens (including phenoxy) is 2. The molecule has 1 rings (SSSR count). The predicted octanol–water partition coefficient (Wildman–Crippen LogP) is 5.20. The van der Waals surface area contributed by atoms with E-state index in [1.807, 2.05) is 27.7 Å². The maximum Gasteiger partial charge on any atom is 0.0863 e. The van der Waals surface area contributed by atoms with Gasteiger partial charge in [0.2, 0.25) is 0 Å². The van der Waals surface area contributed by atoms with Crippen molar-refractivity contribution in [3.05, 3.63) is 0 Å². The number of hydrogen-bond acceptors (Lipinski definition) is 3. The zero-order chi connectivity index (χ0) is 18.3. The first-order valence-electron chi connectivity index (χ1n) is 9.39. The minimum Gasteiger partial charge on any atom is -0.393 e. The summed E-state index contributed by atoms with van der Waals surface area (Å²) in [6.45, 7) is 19.4. The summed E-state index contributed by atoms with van der Waals surface area (Å²) in [7, 11) is 0. The molecule has 0 aromatic carbocycles. The van der Waals surface area contributed by atoms with Crippen LogP contribution in [0.3, 0.4) is 0 Å². The second kappa shape index (κ2) is 9.39. The summed E-state index contributed by atoms with van der Waals surface area (Å²) in [6, 6.07) is 0. The Morgan fingerprint density at radius 3 is 2.17 bits per heavy atom. The van der Waals surface area contributed by atoms with Crippen molar-refractivity contribution in [1.29, 1.82) is 0 Å². The summed E-state index contributed by atoms with van der Waals surface area (Å²) < 4.78 is 12.1. The molecule has 0 spiro atoms. The Bertz CT molecular complexity index is 321. The van der Waals surface area contributed by atoms with Gasteiger partial charge in [-0.1, -0.05) is 34.1 Å². The number of aliphatic hydroxyl groups excluding tert-OH is 1. The standard InChI is InChI=1S/C18H36O3.C2H6/c1-14(15-9-8-10-16(2,3)11-15)21-18(6,7)13-20-17(4,5)12-19;1-2/h14-15,19H,8-13H2,1-7H3;1-2H3. The second-order valence-corrected chi connectivity index (χ2v) is 8.81. The largest absolute Gasteiger partial charge is 0.393 e. The van der Waals surface area contributed by atoms with Crippen LogP contribution in [0.5, 0.6) is 0 Å². The van der Waals surface area contributed by atoms with E-state index >= 15 is 0 Å². The highest BCUT2D eigenvalue weighted by Crippen LogP contribution is 2.41. The molecule has 1 aliphatic carbocycles. The molecular weight excluding hydrogens is 288 g/mol. The number of rotatable bonds is 7. The molecule has 0 amide bonds. The van der Waals surface area contributed by atoms with Gasteiger partial charge in [0.15, 0.2) is 0 Å². The lowest BCUT2D eigenvalue weighted by atomic mass is 9.71. The number of aliphatic hydroxyl groups is 1. The Morgan fingerprint density at radius 1 is 1.13 bits per heavy atom. The van der Waals surface area contributed by atoms with Crippen LogP contribution in [-0.4, -0.2) is 35.6 Å². The third kappa shape index (κ3) is 9.07. The zero-order valence-electron chi connectivity index (χ0n) is 17.2. The van der Waals surface area contributed by atoms with Crippen LogP contribution in [0.2, 0.25) is 0 Å². The van der Waals surface area contributed by atoms with Gasteiger partial charge >= 0.3 is 0 Å². The van der Waals surface area contributed by atoms with Crippen molar-refractivity contribution >= 4 is 0 Å². The molecule has 1 fully saturated rings. The molecule has 3 nitrogen and oxygen atoms in total. The van der Waals surface area contributed by atoms with Crippen molar-refractivity contribution in [1.82, 2.24) is 0 Å². The van der Waals surface area contributed by atoms with Crippen molar-refractivity contribution in [2.45, 2.75) is 105 Å². The fourth-order valence-corrected chi connectivity index (χ4v) is 3.21. The van der Waals surface area contributed by atoms with Crippen molar-refractivity contribution < 1.29 is 14.6 Å². The summed E-state index contributed by atoms with van der Waals surface area (Å²) in [6.07, 6.45) is 5.39. The number of hydrogen-bond donors (Lipinski definition) is 1. The van der Waals surface area contributed by atoms with Gasteiger partial charge in [0.05, 0.1) is 30.5 Å². The summed E-state index contributed by atoms with van der Waals surface area (Å²) in [5.74, 6) is 0.638. The van der Waals surface area contributed by atoms with E-state index in [1.54, 1.807) is 0 Å². The normalized spacial score (nSPS) is 23.0. The van der Waals surface area contributed by atoms with Gasteiger partial charge in [0.25, 0.3) is 0 Å². The lowest BCUT2D eigenvalue weighted by Crippen LogP contribution is -2.42. The highest BCUT2D eigenvalue weighted by molar-refractivity contribution is 4.84. The first kappa shape index (κ1) is 22.9. The monoisotopic (exact) mass is 330 g/mol. The Morgan fingerprint density at radius 2 is 1.70 bits per heavy atom. The topological polar surface area (TPSA) is 38.7 Å². The lowest BCUT2D eigenvalue weighted by molar-refractivity contribution is -0.162. The van der Waals surface area contributed by atoms with Crippen molar-refractivity contribution in [2.24, 2.45) is 11.3 Å².